The van der Waals surface area contributed by atoms with Crippen LogP contribution in [-0.2, 0) is 4.79 Å². The van der Waals surface area contributed by atoms with Crippen LogP contribution in [0.25, 0.3) is 5.69 Å². The molecule has 2 rings (SSSR count). The molecule has 2 N–H and O–H groups in total. The molecule has 1 atom stereocenters. The van der Waals surface area contributed by atoms with Gasteiger partial charge in [0.25, 0.3) is 5.91 Å². The fourth-order valence-corrected chi connectivity index (χ4v) is 2.49. The summed E-state index contributed by atoms with van der Waals surface area (Å²) in [6, 6.07) is 5.75. The lowest BCUT2D eigenvalue weighted by Gasteiger charge is -2.25. The van der Waals surface area contributed by atoms with Gasteiger partial charge in [-0.2, -0.15) is 5.10 Å². The molecule has 0 saturated heterocycles. The first-order chi connectivity index (χ1) is 11.3. The van der Waals surface area contributed by atoms with Crippen molar-refractivity contribution in [1.29, 1.82) is 0 Å². The standard InChI is InChI=1S/C17H20FN3O3/c1-4-8-17(3,16(23)24)19-15(22)13-7-9-21(20-13)14-6-5-12(18)10-11(14)2/h5-7,9-10H,4,8H2,1-3H3,(H,19,22)(H,23,24). The maximum Gasteiger partial charge on any atom is 0.329 e. The fraction of sp³-hybridized carbons (Fsp3) is 0.353. The Morgan fingerprint density at radius 2 is 2.08 bits per heavy atom. The maximum atomic E-state index is 13.2. The van der Waals surface area contributed by atoms with Crippen molar-refractivity contribution in [2.24, 2.45) is 0 Å². The van der Waals surface area contributed by atoms with Crippen molar-refractivity contribution in [3.05, 3.63) is 47.5 Å². The Kier molecular flexibility index (Phi) is 5.02. The summed E-state index contributed by atoms with van der Waals surface area (Å²) in [5, 5.41) is 16.0. The van der Waals surface area contributed by atoms with E-state index in [2.05, 4.69) is 10.4 Å². The number of hydrogen-bond acceptors (Lipinski definition) is 3. The number of nitrogens with one attached hydrogen (secondary N) is 1. The molecule has 128 valence electrons. The van der Waals surface area contributed by atoms with Gasteiger partial charge in [-0.15, -0.1) is 0 Å². The topological polar surface area (TPSA) is 84.2 Å². The number of hydrogen-bond donors (Lipinski definition) is 2. The van der Waals surface area contributed by atoms with Crippen LogP contribution in [0.15, 0.2) is 30.5 Å². The fourth-order valence-electron chi connectivity index (χ4n) is 2.49. The van der Waals surface area contributed by atoms with Gasteiger partial charge in [0, 0.05) is 6.20 Å². The van der Waals surface area contributed by atoms with E-state index in [0.717, 1.165) is 0 Å². The summed E-state index contributed by atoms with van der Waals surface area (Å²) < 4.78 is 14.6. The summed E-state index contributed by atoms with van der Waals surface area (Å²) in [5.74, 6) is -2.00. The minimum atomic E-state index is -1.35. The van der Waals surface area contributed by atoms with Gasteiger partial charge in [-0.1, -0.05) is 13.3 Å². The Labute approximate surface area is 139 Å². The summed E-state index contributed by atoms with van der Waals surface area (Å²) >= 11 is 0. The van der Waals surface area contributed by atoms with Gasteiger partial charge in [-0.05, 0) is 50.1 Å². The van der Waals surface area contributed by atoms with Gasteiger partial charge in [0.1, 0.15) is 11.4 Å². The number of carboxylic acid groups (broad SMARTS) is 1. The van der Waals surface area contributed by atoms with Gasteiger partial charge in [-0.25, -0.2) is 13.9 Å². The number of nitrogens with zero attached hydrogens (tertiary/aromatic N) is 2. The first-order valence-corrected chi connectivity index (χ1v) is 7.65. The number of halogens is 1. The smallest absolute Gasteiger partial charge is 0.329 e. The summed E-state index contributed by atoms with van der Waals surface area (Å²) in [7, 11) is 0. The molecule has 6 nitrogen and oxygen atoms in total. The van der Waals surface area contributed by atoms with Gasteiger partial charge in [0.15, 0.2) is 5.69 Å². The predicted molar refractivity (Wildman–Crippen MR) is 86.7 cm³/mol. The third-order valence-electron chi connectivity index (χ3n) is 3.84. The molecule has 24 heavy (non-hydrogen) atoms. The van der Waals surface area contributed by atoms with Crippen LogP contribution >= 0.6 is 0 Å². The molecule has 0 aliphatic heterocycles. The van der Waals surface area contributed by atoms with Crippen molar-refractivity contribution in [1.82, 2.24) is 15.1 Å². The van der Waals surface area contributed by atoms with Gasteiger partial charge in [0.2, 0.25) is 0 Å². The molecule has 1 heterocycles. The Morgan fingerprint density at radius 1 is 1.38 bits per heavy atom. The SMILES string of the molecule is CCCC(C)(NC(=O)c1ccn(-c2ccc(F)cc2C)n1)C(=O)O. The summed E-state index contributed by atoms with van der Waals surface area (Å²) in [4.78, 5) is 23.7. The second kappa shape index (κ2) is 6.82. The van der Waals surface area contributed by atoms with Crippen molar-refractivity contribution in [2.45, 2.75) is 39.2 Å². The highest BCUT2D eigenvalue weighted by atomic mass is 19.1. The Morgan fingerprint density at radius 3 is 2.67 bits per heavy atom. The zero-order valence-corrected chi connectivity index (χ0v) is 13.8. The summed E-state index contributed by atoms with van der Waals surface area (Å²) in [6.07, 6.45) is 2.51. The van der Waals surface area contributed by atoms with E-state index in [1.54, 1.807) is 19.2 Å². The number of carboxylic acids is 1. The van der Waals surface area contributed by atoms with Crippen molar-refractivity contribution in [2.75, 3.05) is 0 Å². The highest BCUT2D eigenvalue weighted by Crippen LogP contribution is 2.16. The molecule has 0 saturated carbocycles. The number of benzene rings is 1. The Bertz CT molecular complexity index is 772. The van der Waals surface area contributed by atoms with Crippen molar-refractivity contribution in [3.8, 4) is 5.69 Å². The molecule has 0 fully saturated rings. The van der Waals surface area contributed by atoms with Crippen LogP contribution < -0.4 is 5.32 Å². The van der Waals surface area contributed by atoms with Crippen LogP contribution in [0.4, 0.5) is 4.39 Å². The quantitative estimate of drug-likeness (QED) is 0.851. The van der Waals surface area contributed by atoms with Crippen LogP contribution in [0.3, 0.4) is 0 Å². The molecule has 0 radical (unpaired) electrons. The molecule has 0 spiro atoms. The zero-order valence-electron chi connectivity index (χ0n) is 13.8. The van der Waals surface area contributed by atoms with Crippen LogP contribution in [-0.4, -0.2) is 32.3 Å². The molecule has 7 heteroatoms. The van der Waals surface area contributed by atoms with Crippen LogP contribution in [0.5, 0.6) is 0 Å². The molecule has 0 aliphatic rings. The maximum absolute atomic E-state index is 13.2. The molecule has 0 bridgehead atoms. The lowest BCUT2D eigenvalue weighted by atomic mass is 9.96. The largest absolute Gasteiger partial charge is 0.480 e. The average Bonchev–Trinajstić information content (AvgIpc) is 2.97. The number of rotatable bonds is 6. The third-order valence-corrected chi connectivity index (χ3v) is 3.84. The van der Waals surface area contributed by atoms with E-state index >= 15 is 0 Å². The third kappa shape index (κ3) is 3.61. The normalized spacial score (nSPS) is 13.3. The van der Waals surface area contributed by atoms with Crippen LogP contribution in [0, 0.1) is 12.7 Å². The molecule has 1 aromatic heterocycles. The number of carbonyl (C=O) groups excluding carboxylic acids is 1. The van der Waals surface area contributed by atoms with E-state index in [1.807, 2.05) is 6.92 Å². The minimum absolute atomic E-state index is 0.0994. The lowest BCUT2D eigenvalue weighted by molar-refractivity contribution is -0.144. The van der Waals surface area contributed by atoms with E-state index in [9.17, 15) is 19.1 Å². The van der Waals surface area contributed by atoms with E-state index in [1.165, 1.54) is 29.8 Å². The van der Waals surface area contributed by atoms with Gasteiger partial charge < -0.3 is 10.4 Å². The zero-order chi connectivity index (χ0) is 17.9. The van der Waals surface area contributed by atoms with Gasteiger partial charge in [-0.3, -0.25) is 4.79 Å². The monoisotopic (exact) mass is 333 g/mol. The molecule has 0 aliphatic carbocycles. The molecule has 1 unspecified atom stereocenters. The van der Waals surface area contributed by atoms with E-state index in [-0.39, 0.29) is 11.5 Å². The Hall–Kier alpha value is -2.70. The van der Waals surface area contributed by atoms with E-state index in [4.69, 9.17) is 0 Å². The number of carbonyl (C=O) groups is 2. The van der Waals surface area contributed by atoms with Crippen molar-refractivity contribution < 1.29 is 19.1 Å². The number of aromatic nitrogens is 2. The second-order valence-electron chi connectivity index (χ2n) is 5.92. The number of aliphatic carboxylic acids is 1. The Balaban J connectivity index is 2.23. The van der Waals surface area contributed by atoms with Gasteiger partial charge in [0.05, 0.1) is 5.69 Å². The lowest BCUT2D eigenvalue weighted by Crippen LogP contribution is -2.52. The molecular weight excluding hydrogens is 313 g/mol. The number of aryl methyl sites for hydroxylation is 1. The first kappa shape index (κ1) is 17.7. The highest BCUT2D eigenvalue weighted by molar-refractivity contribution is 5.96. The predicted octanol–water partition coefficient (Wildman–Crippen LogP) is 2.69. The first-order valence-electron chi connectivity index (χ1n) is 7.65. The minimum Gasteiger partial charge on any atom is -0.480 e. The van der Waals surface area contributed by atoms with Crippen LogP contribution in [0.1, 0.15) is 42.7 Å². The molecule has 2 aromatic rings. The summed E-state index contributed by atoms with van der Waals surface area (Å²) in [5.41, 5.74) is 0.0697. The van der Waals surface area contributed by atoms with Gasteiger partial charge >= 0.3 is 5.97 Å². The van der Waals surface area contributed by atoms with E-state index < -0.39 is 17.4 Å². The number of amides is 1. The van der Waals surface area contributed by atoms with Crippen molar-refractivity contribution in [3.63, 3.8) is 0 Å². The van der Waals surface area contributed by atoms with Crippen LogP contribution in [0.2, 0.25) is 0 Å². The highest BCUT2D eigenvalue weighted by Gasteiger charge is 2.34. The molecule has 1 aromatic carbocycles. The van der Waals surface area contributed by atoms with Crippen molar-refractivity contribution >= 4 is 11.9 Å². The van der Waals surface area contributed by atoms with E-state index in [0.29, 0.717) is 24.1 Å². The summed E-state index contributed by atoms with van der Waals surface area (Å²) in [6.45, 7) is 5.06. The molecule has 1 amide bonds. The average molecular weight is 333 g/mol. The second-order valence-corrected chi connectivity index (χ2v) is 5.92. The molecular formula is C17H20FN3O3.